The van der Waals surface area contributed by atoms with Gasteiger partial charge in [-0.15, -0.1) is 0 Å². The Hall–Kier alpha value is -2.07. The molecular formula is C14H12ClNO3. The number of halogens is 1. The lowest BCUT2D eigenvalue weighted by atomic mass is 10.0. The van der Waals surface area contributed by atoms with Crippen LogP contribution in [0.5, 0.6) is 5.75 Å². The first-order valence-corrected chi connectivity index (χ1v) is 5.95. The summed E-state index contributed by atoms with van der Waals surface area (Å²) in [6.07, 6.45) is 0. The van der Waals surface area contributed by atoms with Crippen LogP contribution in [0.4, 0.5) is 0 Å². The second-order valence-corrected chi connectivity index (χ2v) is 4.39. The van der Waals surface area contributed by atoms with Gasteiger partial charge in [0.05, 0.1) is 18.4 Å². The van der Waals surface area contributed by atoms with Crippen molar-refractivity contribution in [2.75, 3.05) is 7.11 Å². The van der Waals surface area contributed by atoms with E-state index in [1.54, 1.807) is 14.0 Å². The average molecular weight is 278 g/mol. The van der Waals surface area contributed by atoms with Crippen LogP contribution in [0.3, 0.4) is 0 Å². The van der Waals surface area contributed by atoms with Gasteiger partial charge in [-0.3, -0.25) is 0 Å². The number of hydrogen-bond donors (Lipinski definition) is 1. The zero-order valence-electron chi connectivity index (χ0n) is 10.5. The van der Waals surface area contributed by atoms with Crippen molar-refractivity contribution in [3.63, 3.8) is 0 Å². The zero-order valence-corrected chi connectivity index (χ0v) is 11.2. The van der Waals surface area contributed by atoms with Gasteiger partial charge in [-0.2, -0.15) is 0 Å². The number of carboxylic acid groups (broad SMARTS) is 1. The number of hydrogen-bond acceptors (Lipinski definition) is 3. The Balaban J connectivity index is 2.56. The molecule has 0 aliphatic carbocycles. The molecule has 19 heavy (non-hydrogen) atoms. The number of carboxylic acids is 1. The predicted molar refractivity (Wildman–Crippen MR) is 72.9 cm³/mol. The van der Waals surface area contributed by atoms with Crippen molar-refractivity contribution in [2.24, 2.45) is 0 Å². The second-order valence-electron chi connectivity index (χ2n) is 4.03. The minimum atomic E-state index is -1.09. The molecule has 5 heteroatoms. The number of carbonyl (C=O) groups is 1. The Morgan fingerprint density at radius 2 is 2.11 bits per heavy atom. The highest BCUT2D eigenvalue weighted by Gasteiger charge is 2.14. The summed E-state index contributed by atoms with van der Waals surface area (Å²) in [4.78, 5) is 15.1. The molecule has 0 saturated carbocycles. The third-order valence-corrected chi connectivity index (χ3v) is 3.03. The van der Waals surface area contributed by atoms with E-state index in [9.17, 15) is 4.79 Å². The summed E-state index contributed by atoms with van der Waals surface area (Å²) >= 11 is 5.90. The Bertz CT molecular complexity index is 641. The molecule has 0 amide bonds. The van der Waals surface area contributed by atoms with E-state index < -0.39 is 5.97 Å². The van der Waals surface area contributed by atoms with Gasteiger partial charge in [0.2, 0.25) is 0 Å². The Labute approximate surface area is 115 Å². The van der Waals surface area contributed by atoms with Crippen molar-refractivity contribution in [1.82, 2.24) is 4.98 Å². The summed E-state index contributed by atoms with van der Waals surface area (Å²) in [6.45, 7) is 1.80. The zero-order chi connectivity index (χ0) is 14.0. The molecule has 1 heterocycles. The van der Waals surface area contributed by atoms with Crippen LogP contribution in [0, 0.1) is 6.92 Å². The molecule has 98 valence electrons. The molecule has 2 aromatic rings. The topological polar surface area (TPSA) is 59.4 Å². The van der Waals surface area contributed by atoms with Crippen LogP contribution < -0.4 is 4.74 Å². The van der Waals surface area contributed by atoms with Crippen LogP contribution in [0.2, 0.25) is 5.15 Å². The summed E-state index contributed by atoms with van der Waals surface area (Å²) in [6, 6.07) is 8.88. The number of aromatic nitrogens is 1. The molecule has 0 aliphatic heterocycles. The number of aryl methyl sites for hydroxylation is 1. The Morgan fingerprint density at radius 3 is 2.74 bits per heavy atom. The minimum absolute atomic E-state index is 0.00538. The number of rotatable bonds is 3. The lowest BCUT2D eigenvalue weighted by Gasteiger charge is -2.09. The molecule has 1 aromatic carbocycles. The van der Waals surface area contributed by atoms with Crippen molar-refractivity contribution >= 4 is 17.6 Å². The quantitative estimate of drug-likeness (QED) is 0.874. The fourth-order valence-corrected chi connectivity index (χ4v) is 2.02. The van der Waals surface area contributed by atoms with Crippen LogP contribution in [0.25, 0.3) is 11.3 Å². The van der Waals surface area contributed by atoms with E-state index in [0.29, 0.717) is 11.4 Å². The molecule has 0 fully saturated rings. The fraction of sp³-hybridized carbons (Fsp3) is 0.143. The van der Waals surface area contributed by atoms with Crippen LogP contribution in [0.1, 0.15) is 15.9 Å². The number of methoxy groups -OCH3 is 1. The van der Waals surface area contributed by atoms with E-state index in [1.807, 2.05) is 24.3 Å². The minimum Gasteiger partial charge on any atom is -0.497 e. The predicted octanol–water partition coefficient (Wildman–Crippen LogP) is 3.42. The number of benzene rings is 1. The highest BCUT2D eigenvalue weighted by atomic mass is 35.5. The molecule has 0 radical (unpaired) electrons. The second kappa shape index (κ2) is 5.28. The lowest BCUT2D eigenvalue weighted by Crippen LogP contribution is -2.02. The van der Waals surface area contributed by atoms with E-state index in [1.165, 1.54) is 6.07 Å². The van der Waals surface area contributed by atoms with Gasteiger partial charge in [0.15, 0.2) is 0 Å². The largest absolute Gasteiger partial charge is 0.497 e. The van der Waals surface area contributed by atoms with Crippen molar-refractivity contribution < 1.29 is 14.6 Å². The molecule has 1 N–H and O–H groups in total. The van der Waals surface area contributed by atoms with E-state index in [4.69, 9.17) is 21.4 Å². The van der Waals surface area contributed by atoms with Gasteiger partial charge < -0.3 is 9.84 Å². The van der Waals surface area contributed by atoms with E-state index in [2.05, 4.69) is 4.98 Å². The van der Waals surface area contributed by atoms with Crippen LogP contribution in [-0.4, -0.2) is 23.2 Å². The van der Waals surface area contributed by atoms with E-state index in [-0.39, 0.29) is 10.7 Å². The summed E-state index contributed by atoms with van der Waals surface area (Å²) in [5.74, 6) is -0.380. The highest BCUT2D eigenvalue weighted by molar-refractivity contribution is 6.32. The maximum atomic E-state index is 11.0. The molecule has 0 saturated heterocycles. The van der Waals surface area contributed by atoms with E-state index >= 15 is 0 Å². The molecule has 2 rings (SSSR count). The van der Waals surface area contributed by atoms with Crippen LogP contribution in [-0.2, 0) is 0 Å². The summed E-state index contributed by atoms with van der Waals surface area (Å²) in [5, 5.41) is 8.97. The normalized spacial score (nSPS) is 10.3. The van der Waals surface area contributed by atoms with Gasteiger partial charge in [-0.05, 0) is 30.7 Å². The third-order valence-electron chi connectivity index (χ3n) is 2.74. The third kappa shape index (κ3) is 2.69. The van der Waals surface area contributed by atoms with Gasteiger partial charge in [-0.25, -0.2) is 9.78 Å². The lowest BCUT2D eigenvalue weighted by molar-refractivity contribution is 0.0696. The maximum absolute atomic E-state index is 11.0. The molecular weight excluding hydrogens is 266 g/mol. The Morgan fingerprint density at radius 1 is 1.37 bits per heavy atom. The first kappa shape index (κ1) is 13.4. The number of ether oxygens (including phenoxy) is 1. The van der Waals surface area contributed by atoms with Crippen molar-refractivity contribution in [3.8, 4) is 17.0 Å². The van der Waals surface area contributed by atoms with Gasteiger partial charge in [0.1, 0.15) is 10.9 Å². The smallest absolute Gasteiger partial charge is 0.338 e. The van der Waals surface area contributed by atoms with Gasteiger partial charge in [0.25, 0.3) is 0 Å². The summed E-state index contributed by atoms with van der Waals surface area (Å²) in [5.41, 5.74) is 2.23. The number of aromatic carboxylic acids is 1. The number of pyridine rings is 1. The SMILES string of the molecule is COc1cccc(-c2nc(Cl)c(C(=O)O)cc2C)c1. The van der Waals surface area contributed by atoms with Crippen LogP contribution in [0.15, 0.2) is 30.3 Å². The monoisotopic (exact) mass is 277 g/mol. The average Bonchev–Trinajstić information content (AvgIpc) is 2.40. The molecule has 4 nitrogen and oxygen atoms in total. The van der Waals surface area contributed by atoms with E-state index in [0.717, 1.165) is 11.1 Å². The van der Waals surface area contributed by atoms with Crippen molar-refractivity contribution in [3.05, 3.63) is 46.6 Å². The maximum Gasteiger partial charge on any atom is 0.338 e. The standard InChI is InChI=1S/C14H12ClNO3/c1-8-6-11(14(17)18)13(15)16-12(8)9-4-3-5-10(7-9)19-2/h3-7H,1-2H3,(H,17,18). The first-order chi connectivity index (χ1) is 9.02. The molecule has 1 aromatic heterocycles. The van der Waals surface area contributed by atoms with Crippen molar-refractivity contribution in [1.29, 1.82) is 0 Å². The summed E-state index contributed by atoms with van der Waals surface area (Å²) < 4.78 is 5.15. The Kier molecular flexibility index (Phi) is 3.71. The molecule has 0 aliphatic rings. The summed E-state index contributed by atoms with van der Waals surface area (Å²) in [7, 11) is 1.58. The van der Waals surface area contributed by atoms with Gasteiger partial charge in [0, 0.05) is 5.56 Å². The molecule has 0 bridgehead atoms. The van der Waals surface area contributed by atoms with Gasteiger partial charge >= 0.3 is 5.97 Å². The molecule has 0 unspecified atom stereocenters. The number of nitrogens with zero attached hydrogens (tertiary/aromatic N) is 1. The molecule has 0 atom stereocenters. The highest BCUT2D eigenvalue weighted by Crippen LogP contribution is 2.28. The van der Waals surface area contributed by atoms with Crippen LogP contribution >= 0.6 is 11.6 Å². The first-order valence-electron chi connectivity index (χ1n) is 5.58. The van der Waals surface area contributed by atoms with Crippen molar-refractivity contribution in [2.45, 2.75) is 6.92 Å². The fourth-order valence-electron chi connectivity index (χ4n) is 1.80. The molecule has 0 spiro atoms. The van der Waals surface area contributed by atoms with Gasteiger partial charge in [-0.1, -0.05) is 23.7 Å².